The van der Waals surface area contributed by atoms with Crippen LogP contribution >= 0.6 is 11.3 Å². The summed E-state index contributed by atoms with van der Waals surface area (Å²) < 4.78 is 0. The van der Waals surface area contributed by atoms with E-state index in [1.54, 1.807) is 17.5 Å². The number of aryl methyl sites for hydroxylation is 1. The van der Waals surface area contributed by atoms with Gasteiger partial charge in [0.25, 0.3) is 0 Å². The predicted molar refractivity (Wildman–Crippen MR) is 151 cm³/mol. The summed E-state index contributed by atoms with van der Waals surface area (Å²) in [4.78, 5) is 30.0. The number of nitrogens with zero attached hydrogens (tertiary/aromatic N) is 4. The number of hydrogen-bond acceptors (Lipinski definition) is 6. The molecular weight excluding hydrogens is 466 g/mol. The molecule has 4 rings (SSSR count). The first kappa shape index (κ1) is 27.8. The molecule has 194 valence electrons. The second-order valence-electron chi connectivity index (χ2n) is 9.19. The van der Waals surface area contributed by atoms with Gasteiger partial charge in [-0.1, -0.05) is 33.8 Å². The summed E-state index contributed by atoms with van der Waals surface area (Å²) in [6.45, 7) is 12.1. The van der Waals surface area contributed by atoms with Crippen molar-refractivity contribution in [1.82, 2.24) is 19.9 Å². The molecule has 1 fully saturated rings. The third-order valence-corrected chi connectivity index (χ3v) is 7.60. The van der Waals surface area contributed by atoms with Crippen molar-refractivity contribution >= 4 is 28.9 Å². The lowest BCUT2D eigenvalue weighted by Crippen LogP contribution is -2.38. The topological polar surface area (TPSA) is 71.0 Å². The van der Waals surface area contributed by atoms with Gasteiger partial charge in [-0.05, 0) is 75.3 Å². The highest BCUT2D eigenvalue weighted by Gasteiger charge is 2.30. The summed E-state index contributed by atoms with van der Waals surface area (Å²) in [6, 6.07) is 9.97. The van der Waals surface area contributed by atoms with Crippen LogP contribution in [0.1, 0.15) is 82.7 Å². The van der Waals surface area contributed by atoms with Crippen LogP contribution in [0.5, 0.6) is 0 Å². The van der Waals surface area contributed by atoms with Crippen molar-refractivity contribution in [1.29, 1.82) is 0 Å². The molecule has 6 nitrogen and oxygen atoms in total. The number of pyridine rings is 2. The van der Waals surface area contributed by atoms with Gasteiger partial charge in [-0.2, -0.15) is 0 Å². The van der Waals surface area contributed by atoms with Crippen LogP contribution in [0.4, 0.5) is 11.6 Å². The maximum absolute atomic E-state index is 13.0. The zero-order valence-corrected chi connectivity index (χ0v) is 23.3. The Morgan fingerprint density at radius 2 is 1.75 bits per heavy atom. The molecule has 0 spiro atoms. The molecule has 1 N–H and O–H groups in total. The minimum atomic E-state index is 0.174. The minimum absolute atomic E-state index is 0.174. The Bertz CT molecular complexity index is 1080. The summed E-state index contributed by atoms with van der Waals surface area (Å²) in [5.74, 6) is 2.53. The molecule has 3 aromatic rings. The molecule has 0 aliphatic heterocycles. The number of anilines is 2. The van der Waals surface area contributed by atoms with E-state index in [0.29, 0.717) is 11.8 Å². The van der Waals surface area contributed by atoms with E-state index in [9.17, 15) is 4.79 Å². The number of amides is 1. The lowest BCUT2D eigenvalue weighted by molar-refractivity contribution is -0.136. The summed E-state index contributed by atoms with van der Waals surface area (Å²) in [6.07, 6.45) is 9.77. The van der Waals surface area contributed by atoms with E-state index in [4.69, 9.17) is 9.97 Å². The van der Waals surface area contributed by atoms with Crippen LogP contribution < -0.4 is 5.32 Å². The van der Waals surface area contributed by atoms with Crippen LogP contribution in [0, 0.1) is 12.8 Å². The first-order chi connectivity index (χ1) is 17.6. The van der Waals surface area contributed by atoms with Crippen LogP contribution in [0.3, 0.4) is 0 Å². The Balaban J connectivity index is 0.00000176. The zero-order valence-electron chi connectivity index (χ0n) is 22.5. The molecule has 3 heterocycles. The van der Waals surface area contributed by atoms with Gasteiger partial charge in [-0.3, -0.25) is 4.79 Å². The summed E-state index contributed by atoms with van der Waals surface area (Å²) in [5.41, 5.74) is 2.07. The van der Waals surface area contributed by atoms with E-state index in [2.05, 4.69) is 29.0 Å². The molecule has 0 aromatic carbocycles. The Morgan fingerprint density at radius 1 is 1.03 bits per heavy atom. The van der Waals surface area contributed by atoms with Crippen LogP contribution in [0.2, 0.25) is 0 Å². The van der Waals surface area contributed by atoms with Gasteiger partial charge in [0.2, 0.25) is 5.91 Å². The smallest absolute Gasteiger partial charge is 0.225 e. The van der Waals surface area contributed by atoms with E-state index in [-0.39, 0.29) is 5.92 Å². The number of carbonyl (C=O) groups excluding carboxylic acids is 1. The third kappa shape index (κ3) is 7.36. The van der Waals surface area contributed by atoms with Gasteiger partial charge in [0.1, 0.15) is 11.6 Å². The van der Waals surface area contributed by atoms with Gasteiger partial charge < -0.3 is 10.2 Å². The highest BCUT2D eigenvalue weighted by Crippen LogP contribution is 2.39. The Morgan fingerprint density at radius 3 is 2.42 bits per heavy atom. The summed E-state index contributed by atoms with van der Waals surface area (Å²) in [5, 5.41) is 4.46. The van der Waals surface area contributed by atoms with Crippen LogP contribution in [0.25, 0.3) is 10.6 Å². The molecule has 1 amide bonds. The molecule has 0 bridgehead atoms. The lowest BCUT2D eigenvalue weighted by Gasteiger charge is -2.31. The molecule has 1 saturated carbocycles. The van der Waals surface area contributed by atoms with Crippen molar-refractivity contribution in [2.45, 2.75) is 79.1 Å². The zero-order chi connectivity index (χ0) is 25.9. The molecule has 1 aliphatic carbocycles. The summed E-state index contributed by atoms with van der Waals surface area (Å²) >= 11 is 1.73. The van der Waals surface area contributed by atoms with Gasteiger partial charge in [0.05, 0.1) is 15.6 Å². The highest BCUT2D eigenvalue weighted by molar-refractivity contribution is 7.15. The fourth-order valence-corrected chi connectivity index (χ4v) is 5.75. The number of rotatable bonds is 9. The number of nitrogens with one attached hydrogen (secondary N) is 1. The fraction of sp³-hybridized carbons (Fsp3) is 0.517. The standard InChI is InChI=1S/C27H35N5OS.C2H6/c1-4-15-32(16-5-2)27(33)21-11-9-20(10-12-21)26-29-18-23(34-26)22-7-6-8-24(30-22)31-25-17-19(3)13-14-28-25;1-2/h6-8,13-14,17-18,20-21H,4-5,9-12,15-16H2,1-3H3,(H,28,30,31);1-2H3. The molecule has 36 heavy (non-hydrogen) atoms. The Labute approximate surface area is 220 Å². The fourth-order valence-electron chi connectivity index (χ4n) is 4.69. The molecule has 1 aliphatic rings. The predicted octanol–water partition coefficient (Wildman–Crippen LogP) is 7.60. The van der Waals surface area contributed by atoms with Gasteiger partial charge >= 0.3 is 0 Å². The molecule has 0 radical (unpaired) electrons. The van der Waals surface area contributed by atoms with Crippen molar-refractivity contribution in [2.24, 2.45) is 5.92 Å². The van der Waals surface area contributed by atoms with Crippen molar-refractivity contribution < 1.29 is 4.79 Å². The van der Waals surface area contributed by atoms with Gasteiger partial charge in [-0.15, -0.1) is 11.3 Å². The Hall–Kier alpha value is -2.80. The van der Waals surface area contributed by atoms with Crippen LogP contribution in [-0.2, 0) is 4.79 Å². The van der Waals surface area contributed by atoms with E-state index in [1.165, 1.54) is 5.01 Å². The van der Waals surface area contributed by atoms with Crippen molar-refractivity contribution in [3.63, 3.8) is 0 Å². The SMILES string of the molecule is CC.CCCN(CCC)C(=O)C1CCC(c2ncc(-c3cccc(Nc4cc(C)ccn4)n3)s2)CC1. The lowest BCUT2D eigenvalue weighted by atomic mass is 9.81. The van der Waals surface area contributed by atoms with E-state index < -0.39 is 0 Å². The normalized spacial score (nSPS) is 17.1. The first-order valence-electron chi connectivity index (χ1n) is 13.5. The molecule has 0 atom stereocenters. The van der Waals surface area contributed by atoms with E-state index in [0.717, 1.165) is 79.4 Å². The van der Waals surface area contributed by atoms with Crippen molar-refractivity contribution in [3.05, 3.63) is 53.3 Å². The summed E-state index contributed by atoms with van der Waals surface area (Å²) in [7, 11) is 0. The minimum Gasteiger partial charge on any atom is -0.342 e. The van der Waals surface area contributed by atoms with Crippen molar-refractivity contribution in [3.8, 4) is 10.6 Å². The van der Waals surface area contributed by atoms with Crippen molar-refractivity contribution in [2.75, 3.05) is 18.4 Å². The number of carbonyl (C=O) groups is 1. The molecule has 0 unspecified atom stereocenters. The second-order valence-corrected chi connectivity index (χ2v) is 10.3. The van der Waals surface area contributed by atoms with Crippen LogP contribution in [0.15, 0.2) is 42.7 Å². The van der Waals surface area contributed by atoms with Gasteiger partial charge in [0, 0.05) is 37.3 Å². The number of hydrogen-bond donors (Lipinski definition) is 1. The third-order valence-electron chi connectivity index (χ3n) is 6.42. The number of aromatic nitrogens is 3. The molecule has 0 saturated heterocycles. The molecule has 3 aromatic heterocycles. The molecular formula is C29H41N5OS. The quantitative estimate of drug-likeness (QED) is 0.323. The average Bonchev–Trinajstić information content (AvgIpc) is 3.40. The maximum Gasteiger partial charge on any atom is 0.225 e. The Kier molecular flexibility index (Phi) is 10.9. The highest BCUT2D eigenvalue weighted by atomic mass is 32.1. The average molecular weight is 508 g/mol. The first-order valence-corrected chi connectivity index (χ1v) is 14.3. The van der Waals surface area contributed by atoms with Gasteiger partial charge in [-0.25, -0.2) is 15.0 Å². The van der Waals surface area contributed by atoms with Crippen LogP contribution in [-0.4, -0.2) is 38.8 Å². The largest absolute Gasteiger partial charge is 0.342 e. The van der Waals surface area contributed by atoms with Gasteiger partial charge in [0.15, 0.2) is 0 Å². The van der Waals surface area contributed by atoms with E-state index in [1.807, 2.05) is 57.3 Å². The second kappa shape index (κ2) is 14.1. The number of thiazole rings is 1. The van der Waals surface area contributed by atoms with E-state index >= 15 is 0 Å². The maximum atomic E-state index is 13.0. The molecule has 7 heteroatoms. The monoisotopic (exact) mass is 507 g/mol.